The van der Waals surface area contributed by atoms with Crippen LogP contribution in [0.3, 0.4) is 0 Å². The molecule has 2 atom stereocenters. The smallest absolute Gasteiger partial charge is 0.410 e. The largest absolute Gasteiger partial charge is 0.457 e. The van der Waals surface area contributed by atoms with Crippen LogP contribution in [-0.2, 0) is 20.8 Å². The lowest BCUT2D eigenvalue weighted by Crippen LogP contribution is -2.60. The number of carbonyl (C=O) groups is 2. The second-order valence-electron chi connectivity index (χ2n) is 8.47. The molecule has 0 radical (unpaired) electrons. The van der Waals surface area contributed by atoms with Gasteiger partial charge in [0.2, 0.25) is 0 Å². The molecule has 2 fully saturated rings. The quantitative estimate of drug-likeness (QED) is 0.609. The van der Waals surface area contributed by atoms with Gasteiger partial charge in [-0.3, -0.25) is 4.90 Å². The molecule has 3 heterocycles. The zero-order chi connectivity index (χ0) is 20.1. The highest BCUT2D eigenvalue weighted by Gasteiger charge is 2.38. The molecule has 1 aromatic rings. The number of rotatable bonds is 1. The minimum Gasteiger partial charge on any atom is -0.457 e. The Balaban J connectivity index is 1.42. The lowest BCUT2D eigenvalue weighted by molar-refractivity contribution is -0.0908. The number of benzene rings is 1. The Labute approximate surface area is 173 Å². The van der Waals surface area contributed by atoms with Crippen LogP contribution in [0.15, 0.2) is 16.6 Å². The molecule has 1 amide bonds. The number of fused-ring (bicyclic) bond motifs is 2. The molecule has 0 spiro atoms. The minimum atomic E-state index is -0.493. The first-order valence-corrected chi connectivity index (χ1v) is 10.3. The number of halogens is 1. The number of hydrogen-bond acceptors (Lipinski definition) is 6. The molecule has 2 saturated heterocycles. The lowest BCUT2D eigenvalue weighted by atomic mass is 9.99. The first-order valence-electron chi connectivity index (χ1n) is 9.55. The third-order valence-corrected chi connectivity index (χ3v) is 6.27. The summed E-state index contributed by atoms with van der Waals surface area (Å²) in [4.78, 5) is 28.2. The Kier molecular flexibility index (Phi) is 5.14. The molecule has 1 aromatic carbocycles. The lowest BCUT2D eigenvalue weighted by Gasteiger charge is -2.46. The fourth-order valence-corrected chi connectivity index (χ4v) is 4.62. The van der Waals surface area contributed by atoms with Crippen molar-refractivity contribution in [3.8, 4) is 0 Å². The highest BCUT2D eigenvalue weighted by Crippen LogP contribution is 2.37. The van der Waals surface area contributed by atoms with Gasteiger partial charge in [0.25, 0.3) is 0 Å². The van der Waals surface area contributed by atoms with E-state index in [0.29, 0.717) is 31.9 Å². The number of piperazine rings is 1. The van der Waals surface area contributed by atoms with Gasteiger partial charge in [-0.25, -0.2) is 9.59 Å². The maximum atomic E-state index is 12.4. The normalized spacial score (nSPS) is 25.1. The molecule has 7 nitrogen and oxygen atoms in total. The zero-order valence-corrected chi connectivity index (χ0v) is 18.0. The number of morpholine rings is 1. The number of nitrogens with zero attached hydrogens (tertiary/aromatic N) is 2. The molecular formula is C20H25BrN2O5. The predicted octanol–water partition coefficient (Wildman–Crippen LogP) is 3.11. The summed E-state index contributed by atoms with van der Waals surface area (Å²) in [6, 6.07) is 3.92. The predicted molar refractivity (Wildman–Crippen MR) is 105 cm³/mol. The van der Waals surface area contributed by atoms with E-state index in [-0.39, 0.29) is 24.2 Å². The van der Waals surface area contributed by atoms with Gasteiger partial charge < -0.3 is 19.1 Å². The molecule has 0 bridgehead atoms. The van der Waals surface area contributed by atoms with Crippen molar-refractivity contribution >= 4 is 28.0 Å². The number of ether oxygens (including phenoxy) is 3. The number of cyclic esters (lactones) is 1. The topological polar surface area (TPSA) is 68.3 Å². The van der Waals surface area contributed by atoms with E-state index in [4.69, 9.17) is 14.2 Å². The Morgan fingerprint density at radius 3 is 2.79 bits per heavy atom. The van der Waals surface area contributed by atoms with Gasteiger partial charge in [0.15, 0.2) is 0 Å². The SMILES string of the molecule is CC(C)(C)OC(=O)N1CCN2C[C@H](c3ccc4c(c3Br)COC4=O)OC[C@@H]2C1. The average molecular weight is 453 g/mol. The van der Waals surface area contributed by atoms with Crippen LogP contribution in [0.4, 0.5) is 4.79 Å². The van der Waals surface area contributed by atoms with Crippen molar-refractivity contribution in [3.63, 3.8) is 0 Å². The fourth-order valence-electron chi connectivity index (χ4n) is 3.90. The summed E-state index contributed by atoms with van der Waals surface area (Å²) in [6.45, 7) is 9.26. The molecule has 3 aliphatic rings. The van der Waals surface area contributed by atoms with Crippen molar-refractivity contribution < 1.29 is 23.8 Å². The molecule has 4 rings (SSSR count). The Morgan fingerprint density at radius 1 is 1.25 bits per heavy atom. The van der Waals surface area contributed by atoms with Crippen LogP contribution >= 0.6 is 15.9 Å². The van der Waals surface area contributed by atoms with E-state index in [2.05, 4.69) is 20.8 Å². The fraction of sp³-hybridized carbons (Fsp3) is 0.600. The Hall–Kier alpha value is -1.64. The molecular weight excluding hydrogens is 428 g/mol. The van der Waals surface area contributed by atoms with Gasteiger partial charge in [-0.15, -0.1) is 0 Å². The summed E-state index contributed by atoms with van der Waals surface area (Å²) >= 11 is 3.64. The van der Waals surface area contributed by atoms with Gasteiger partial charge >= 0.3 is 12.1 Å². The average Bonchev–Trinajstić information content (AvgIpc) is 3.02. The van der Waals surface area contributed by atoms with Gasteiger partial charge in [0.05, 0.1) is 24.3 Å². The van der Waals surface area contributed by atoms with Crippen LogP contribution in [0.5, 0.6) is 0 Å². The van der Waals surface area contributed by atoms with Crippen LogP contribution in [0, 0.1) is 0 Å². The highest BCUT2D eigenvalue weighted by atomic mass is 79.9. The number of esters is 1. The van der Waals surface area contributed by atoms with Crippen molar-refractivity contribution in [2.75, 3.05) is 32.8 Å². The van der Waals surface area contributed by atoms with Crippen molar-refractivity contribution in [3.05, 3.63) is 33.3 Å². The van der Waals surface area contributed by atoms with Crippen LogP contribution in [0.2, 0.25) is 0 Å². The molecule has 3 aliphatic heterocycles. The standard InChI is InChI=1S/C20H25BrN2O5/c1-20(2,3)28-19(25)23-7-6-22-9-16(26-10-12(22)8-23)14-5-4-13-15(17(14)21)11-27-18(13)24/h4-5,12,16H,6-11H2,1-3H3/t12-,16+/m0/s1. The van der Waals surface area contributed by atoms with Gasteiger partial charge in [0.1, 0.15) is 12.2 Å². The first kappa shape index (κ1) is 19.7. The summed E-state index contributed by atoms with van der Waals surface area (Å²) in [5.74, 6) is -0.273. The van der Waals surface area contributed by atoms with Gasteiger partial charge in [0, 0.05) is 36.2 Å². The molecule has 8 heteroatoms. The molecule has 152 valence electrons. The van der Waals surface area contributed by atoms with Crippen molar-refractivity contribution in [1.29, 1.82) is 0 Å². The van der Waals surface area contributed by atoms with Crippen molar-refractivity contribution in [1.82, 2.24) is 9.80 Å². The molecule has 0 unspecified atom stereocenters. The van der Waals surface area contributed by atoms with Crippen molar-refractivity contribution in [2.24, 2.45) is 0 Å². The van der Waals surface area contributed by atoms with Gasteiger partial charge in [-0.1, -0.05) is 6.07 Å². The third kappa shape index (κ3) is 3.77. The molecule has 0 aliphatic carbocycles. The minimum absolute atomic E-state index is 0.0836. The third-order valence-electron chi connectivity index (χ3n) is 5.33. The van der Waals surface area contributed by atoms with Gasteiger partial charge in [-0.2, -0.15) is 0 Å². The van der Waals surface area contributed by atoms with Gasteiger partial charge in [-0.05, 0) is 48.3 Å². The Bertz CT molecular complexity index is 807. The number of carbonyl (C=O) groups excluding carboxylic acids is 2. The van der Waals surface area contributed by atoms with E-state index in [1.807, 2.05) is 32.9 Å². The first-order chi connectivity index (χ1) is 13.2. The van der Waals surface area contributed by atoms with E-state index in [1.54, 1.807) is 4.90 Å². The summed E-state index contributed by atoms with van der Waals surface area (Å²) in [5, 5.41) is 0. The second-order valence-corrected chi connectivity index (χ2v) is 9.26. The number of hydrogen-bond donors (Lipinski definition) is 0. The Morgan fingerprint density at radius 2 is 2.04 bits per heavy atom. The monoisotopic (exact) mass is 452 g/mol. The van der Waals surface area contributed by atoms with Crippen LogP contribution in [0.1, 0.15) is 48.4 Å². The summed E-state index contributed by atoms with van der Waals surface area (Å²) in [5.41, 5.74) is 2.05. The summed E-state index contributed by atoms with van der Waals surface area (Å²) in [6.07, 6.45) is -0.347. The van der Waals surface area contributed by atoms with E-state index in [0.717, 1.165) is 28.7 Å². The molecule has 0 aromatic heterocycles. The summed E-state index contributed by atoms with van der Waals surface area (Å²) in [7, 11) is 0. The molecule has 28 heavy (non-hydrogen) atoms. The van der Waals surface area contributed by atoms with Crippen LogP contribution in [0.25, 0.3) is 0 Å². The van der Waals surface area contributed by atoms with Crippen molar-refractivity contribution in [2.45, 2.75) is 45.1 Å². The van der Waals surface area contributed by atoms with Crippen LogP contribution < -0.4 is 0 Å². The zero-order valence-electron chi connectivity index (χ0n) is 16.4. The highest BCUT2D eigenvalue weighted by molar-refractivity contribution is 9.10. The van der Waals surface area contributed by atoms with E-state index in [1.165, 1.54) is 0 Å². The maximum Gasteiger partial charge on any atom is 0.410 e. The van der Waals surface area contributed by atoms with E-state index >= 15 is 0 Å². The van der Waals surface area contributed by atoms with E-state index < -0.39 is 5.60 Å². The molecule has 0 saturated carbocycles. The number of amides is 1. The second kappa shape index (κ2) is 7.31. The maximum absolute atomic E-state index is 12.4. The van der Waals surface area contributed by atoms with Crippen LogP contribution in [-0.4, -0.2) is 66.3 Å². The van der Waals surface area contributed by atoms with E-state index in [9.17, 15) is 9.59 Å². The molecule has 0 N–H and O–H groups in total. The summed E-state index contributed by atoms with van der Waals surface area (Å²) < 4.78 is 17.7.